The van der Waals surface area contributed by atoms with Gasteiger partial charge >= 0.3 is 6.09 Å². The quantitative estimate of drug-likeness (QED) is 0.610. The van der Waals surface area contributed by atoms with Crippen LogP contribution in [0.2, 0.25) is 0 Å². The molecule has 1 unspecified atom stereocenters. The maximum atomic E-state index is 12.7. The Labute approximate surface area is 203 Å². The molecule has 174 valence electrons. The molecule has 1 saturated carbocycles. The summed E-state index contributed by atoms with van der Waals surface area (Å²) in [5.74, 6) is -0.642. The van der Waals surface area contributed by atoms with Crippen molar-refractivity contribution in [2.24, 2.45) is 15.9 Å². The highest BCUT2D eigenvalue weighted by atomic mass is 32.2. The van der Waals surface area contributed by atoms with E-state index < -0.39 is 23.2 Å². The van der Waals surface area contributed by atoms with E-state index in [1.54, 1.807) is 0 Å². The highest BCUT2D eigenvalue weighted by Crippen LogP contribution is 2.50. The fourth-order valence-electron chi connectivity index (χ4n) is 4.61. The lowest BCUT2D eigenvalue weighted by molar-refractivity contribution is -0.118. The number of ether oxygens (including phenoxy) is 1. The first-order valence-corrected chi connectivity index (χ1v) is 12.3. The van der Waals surface area contributed by atoms with E-state index in [-0.39, 0.29) is 5.91 Å². The maximum absolute atomic E-state index is 12.7. The highest BCUT2D eigenvalue weighted by Gasteiger charge is 2.42. The Bertz CT molecular complexity index is 1220. The van der Waals surface area contributed by atoms with Crippen LogP contribution in [0.5, 0.6) is 0 Å². The predicted octanol–water partition coefficient (Wildman–Crippen LogP) is 5.79. The minimum Gasteiger partial charge on any atom is -0.444 e. The standard InChI is InChI=1S/C27H27N3O3S/c1-26(2,3)33-25(32)30-27(14-7-15-27)19-12-10-18(11-13-19)22-20(17-8-5-4-6-9-17)21-23(31)28-16-29-24(21)34-22/h4-6,8-13,16,21H,7,14-15H2,1-3H3,(H,30,32). The van der Waals surface area contributed by atoms with Crippen LogP contribution in [-0.2, 0) is 15.1 Å². The molecule has 0 spiro atoms. The molecule has 3 aliphatic rings. The van der Waals surface area contributed by atoms with Crippen LogP contribution in [0.15, 0.2) is 64.6 Å². The number of aliphatic imine (C=N–C) groups is 2. The fourth-order valence-corrected chi connectivity index (χ4v) is 5.85. The van der Waals surface area contributed by atoms with Crippen LogP contribution >= 0.6 is 11.8 Å². The molecule has 5 rings (SSSR count). The van der Waals surface area contributed by atoms with Gasteiger partial charge in [-0.05, 0) is 62.3 Å². The number of carbonyl (C=O) groups excluding carboxylic acids is 2. The molecule has 1 aliphatic carbocycles. The minimum atomic E-state index is -0.542. The van der Waals surface area contributed by atoms with Gasteiger partial charge in [0.15, 0.2) is 0 Å². The number of fused-ring (bicyclic) bond motifs is 1. The molecule has 7 heteroatoms. The summed E-state index contributed by atoms with van der Waals surface area (Å²) in [5.41, 5.74) is 3.08. The summed E-state index contributed by atoms with van der Waals surface area (Å²) < 4.78 is 5.51. The number of alkyl carbamates (subject to hydrolysis) is 1. The summed E-state index contributed by atoms with van der Waals surface area (Å²) in [7, 11) is 0. The second-order valence-corrected chi connectivity index (χ2v) is 10.9. The van der Waals surface area contributed by atoms with Crippen molar-refractivity contribution in [1.29, 1.82) is 0 Å². The van der Waals surface area contributed by atoms with E-state index in [1.807, 2.05) is 51.1 Å². The van der Waals surface area contributed by atoms with Crippen molar-refractivity contribution in [3.63, 3.8) is 0 Å². The predicted molar refractivity (Wildman–Crippen MR) is 137 cm³/mol. The first kappa shape index (κ1) is 22.6. The Morgan fingerprint density at radius 1 is 1.06 bits per heavy atom. The van der Waals surface area contributed by atoms with Crippen molar-refractivity contribution < 1.29 is 14.3 Å². The third-order valence-corrected chi connectivity index (χ3v) is 7.55. The Balaban J connectivity index is 1.48. The molecule has 2 heterocycles. The molecule has 2 amide bonds. The van der Waals surface area contributed by atoms with Crippen molar-refractivity contribution in [1.82, 2.24) is 5.32 Å². The van der Waals surface area contributed by atoms with Gasteiger partial charge in [0.05, 0.1) is 10.6 Å². The van der Waals surface area contributed by atoms with Gasteiger partial charge in [-0.2, -0.15) is 0 Å². The van der Waals surface area contributed by atoms with Gasteiger partial charge in [-0.15, -0.1) is 0 Å². The van der Waals surface area contributed by atoms with Gasteiger partial charge in [-0.1, -0.05) is 66.4 Å². The van der Waals surface area contributed by atoms with Gasteiger partial charge in [0, 0.05) is 4.91 Å². The number of carbonyl (C=O) groups is 2. The zero-order valence-electron chi connectivity index (χ0n) is 19.5. The van der Waals surface area contributed by atoms with Crippen LogP contribution in [0, 0.1) is 5.92 Å². The number of thioether (sulfide) groups is 1. The largest absolute Gasteiger partial charge is 0.444 e. The molecule has 0 radical (unpaired) electrons. The van der Waals surface area contributed by atoms with Crippen LogP contribution in [0.3, 0.4) is 0 Å². The zero-order valence-corrected chi connectivity index (χ0v) is 20.3. The van der Waals surface area contributed by atoms with E-state index in [1.165, 1.54) is 18.1 Å². The van der Waals surface area contributed by atoms with Gasteiger partial charge in [0.25, 0.3) is 5.91 Å². The number of nitrogens with zero attached hydrogens (tertiary/aromatic N) is 2. The van der Waals surface area contributed by atoms with Crippen molar-refractivity contribution >= 4 is 45.6 Å². The van der Waals surface area contributed by atoms with E-state index in [2.05, 4.69) is 39.6 Å². The van der Waals surface area contributed by atoms with Gasteiger partial charge in [0.2, 0.25) is 0 Å². The first-order valence-electron chi connectivity index (χ1n) is 11.5. The van der Waals surface area contributed by atoms with Crippen molar-refractivity contribution in [3.05, 3.63) is 71.3 Å². The van der Waals surface area contributed by atoms with Crippen LogP contribution < -0.4 is 5.32 Å². The number of hydrogen-bond acceptors (Lipinski definition) is 5. The number of hydrogen-bond donors (Lipinski definition) is 1. The number of nitrogens with one attached hydrogen (secondary N) is 1. The molecule has 1 N–H and O–H groups in total. The average molecular weight is 474 g/mol. The summed E-state index contributed by atoms with van der Waals surface area (Å²) >= 11 is 1.53. The van der Waals surface area contributed by atoms with Gasteiger partial charge < -0.3 is 10.1 Å². The molecule has 1 atom stereocenters. The summed E-state index contributed by atoms with van der Waals surface area (Å²) in [6, 6.07) is 18.2. The smallest absolute Gasteiger partial charge is 0.408 e. The molecule has 2 aromatic rings. The molecular weight excluding hydrogens is 446 g/mol. The molecule has 6 nitrogen and oxygen atoms in total. The Hall–Kier alpha value is -3.19. The lowest BCUT2D eigenvalue weighted by Crippen LogP contribution is -2.52. The summed E-state index contributed by atoms with van der Waals surface area (Å²) in [6.07, 6.45) is 3.77. The minimum absolute atomic E-state index is 0.182. The van der Waals surface area contributed by atoms with Crippen LogP contribution in [-0.4, -0.2) is 29.0 Å². The zero-order chi connectivity index (χ0) is 23.9. The number of amides is 2. The number of rotatable bonds is 4. The molecule has 2 aliphatic heterocycles. The average Bonchev–Trinajstić information content (AvgIpc) is 3.17. The lowest BCUT2D eigenvalue weighted by Gasteiger charge is -2.43. The Morgan fingerprint density at radius 3 is 2.38 bits per heavy atom. The van der Waals surface area contributed by atoms with Crippen LogP contribution in [0.25, 0.3) is 10.5 Å². The van der Waals surface area contributed by atoms with Crippen LogP contribution in [0.1, 0.15) is 56.7 Å². The molecule has 34 heavy (non-hydrogen) atoms. The van der Waals surface area contributed by atoms with Gasteiger partial charge in [0.1, 0.15) is 17.9 Å². The first-order chi connectivity index (χ1) is 16.3. The van der Waals surface area contributed by atoms with Crippen molar-refractivity contribution in [3.8, 4) is 0 Å². The normalized spacial score (nSPS) is 21.0. The van der Waals surface area contributed by atoms with Gasteiger partial charge in [-0.25, -0.2) is 14.8 Å². The topological polar surface area (TPSA) is 80.1 Å². The second-order valence-electron chi connectivity index (χ2n) is 9.83. The Morgan fingerprint density at radius 2 is 1.76 bits per heavy atom. The number of benzene rings is 2. The maximum Gasteiger partial charge on any atom is 0.408 e. The van der Waals surface area contributed by atoms with E-state index in [9.17, 15) is 9.59 Å². The molecule has 0 saturated heterocycles. The van der Waals surface area contributed by atoms with E-state index in [4.69, 9.17) is 4.74 Å². The van der Waals surface area contributed by atoms with E-state index in [0.717, 1.165) is 51.5 Å². The van der Waals surface area contributed by atoms with Gasteiger partial charge in [-0.3, -0.25) is 4.79 Å². The van der Waals surface area contributed by atoms with Crippen molar-refractivity contribution in [2.75, 3.05) is 0 Å². The van der Waals surface area contributed by atoms with E-state index >= 15 is 0 Å². The molecule has 2 aromatic carbocycles. The third kappa shape index (κ3) is 4.20. The molecule has 0 bridgehead atoms. The summed E-state index contributed by atoms with van der Waals surface area (Å²) in [5, 5.41) is 3.88. The lowest BCUT2D eigenvalue weighted by atomic mass is 9.71. The highest BCUT2D eigenvalue weighted by molar-refractivity contribution is 8.22. The molecule has 0 aromatic heterocycles. The monoisotopic (exact) mass is 473 g/mol. The van der Waals surface area contributed by atoms with Crippen LogP contribution in [0.4, 0.5) is 4.79 Å². The third-order valence-electron chi connectivity index (χ3n) is 6.34. The van der Waals surface area contributed by atoms with E-state index in [0.29, 0.717) is 0 Å². The Kier molecular flexibility index (Phi) is 5.68. The SMILES string of the molecule is CC(C)(C)OC(=O)NC1(c2ccc(C3=C(c4ccccc4)C4C(=O)N=CN=C4S3)cc2)CCC1. The summed E-state index contributed by atoms with van der Waals surface area (Å²) in [4.78, 5) is 34.5. The summed E-state index contributed by atoms with van der Waals surface area (Å²) in [6.45, 7) is 5.59. The second kappa shape index (κ2) is 8.55. The fraction of sp³-hybridized carbons (Fsp3) is 0.333. The van der Waals surface area contributed by atoms with Crippen molar-refractivity contribution in [2.45, 2.75) is 51.2 Å². The molecule has 1 fully saturated rings. The molecular formula is C27H27N3O3S.